The molecule has 2 N–H and O–H groups in total. The van der Waals surface area contributed by atoms with Crippen molar-refractivity contribution in [3.05, 3.63) is 42.0 Å². The van der Waals surface area contributed by atoms with Crippen LogP contribution in [0.5, 0.6) is 0 Å². The summed E-state index contributed by atoms with van der Waals surface area (Å²) < 4.78 is 0. The van der Waals surface area contributed by atoms with Crippen molar-refractivity contribution in [3.8, 4) is 0 Å². The van der Waals surface area contributed by atoms with Gasteiger partial charge in [0.1, 0.15) is 0 Å². The van der Waals surface area contributed by atoms with Gasteiger partial charge in [-0.15, -0.1) is 11.6 Å². The molecular formula is C11H17ClN2. The van der Waals surface area contributed by atoms with Crippen LogP contribution in [0, 0.1) is 0 Å². The maximum absolute atomic E-state index is 5.66. The van der Waals surface area contributed by atoms with Crippen LogP contribution in [0.4, 0.5) is 0 Å². The van der Waals surface area contributed by atoms with Crippen molar-refractivity contribution >= 4 is 17.7 Å². The van der Waals surface area contributed by atoms with Crippen LogP contribution < -0.4 is 5.84 Å². The summed E-state index contributed by atoms with van der Waals surface area (Å²) in [5, 5.41) is 1.50. The first-order valence-electron chi connectivity index (χ1n) is 4.30. The Bertz CT molecular complexity index is 269. The van der Waals surface area contributed by atoms with Crippen LogP contribution in [-0.2, 0) is 5.88 Å². The van der Waals surface area contributed by atoms with Gasteiger partial charge in [-0.3, -0.25) is 10.9 Å². The van der Waals surface area contributed by atoms with Crippen molar-refractivity contribution in [1.82, 2.24) is 5.01 Å². The van der Waals surface area contributed by atoms with E-state index >= 15 is 0 Å². The van der Waals surface area contributed by atoms with Crippen molar-refractivity contribution in [2.75, 3.05) is 14.1 Å². The molecule has 0 amide bonds. The maximum atomic E-state index is 5.66. The van der Waals surface area contributed by atoms with E-state index < -0.39 is 0 Å². The lowest BCUT2D eigenvalue weighted by molar-refractivity contribution is 0.432. The maximum Gasteiger partial charge on any atom is 0.0479 e. The number of hydrogen-bond acceptors (Lipinski definition) is 2. The Morgan fingerprint density at radius 2 is 1.93 bits per heavy atom. The standard InChI is InChI=1S/C9H9Cl.C2H8N2/c1-2-8-5-3-4-6-9(8)7-10;1-4(2)3/h2-6H,1,7H2;3H2,1-2H3. The average molecular weight is 213 g/mol. The Labute approximate surface area is 90.9 Å². The second-order valence-electron chi connectivity index (χ2n) is 3.00. The van der Waals surface area contributed by atoms with Crippen LogP contribution in [0.1, 0.15) is 11.1 Å². The van der Waals surface area contributed by atoms with Gasteiger partial charge in [-0.05, 0) is 11.1 Å². The van der Waals surface area contributed by atoms with E-state index in [2.05, 4.69) is 6.58 Å². The molecule has 3 heteroatoms. The molecule has 1 aromatic rings. The Hall–Kier alpha value is -0.830. The third-order valence-electron chi connectivity index (χ3n) is 1.42. The number of hydrazine groups is 1. The normalized spacial score (nSPS) is 9.21. The molecule has 0 saturated carbocycles. The molecule has 0 radical (unpaired) electrons. The second-order valence-corrected chi connectivity index (χ2v) is 3.27. The van der Waals surface area contributed by atoms with Gasteiger partial charge in [0, 0.05) is 20.0 Å². The summed E-state index contributed by atoms with van der Waals surface area (Å²) >= 11 is 5.66. The zero-order chi connectivity index (χ0) is 11.0. The third kappa shape index (κ3) is 5.75. The van der Waals surface area contributed by atoms with Gasteiger partial charge < -0.3 is 0 Å². The van der Waals surface area contributed by atoms with Crippen LogP contribution in [0.2, 0.25) is 0 Å². The highest BCUT2D eigenvalue weighted by molar-refractivity contribution is 6.17. The van der Waals surface area contributed by atoms with Gasteiger partial charge in [0.25, 0.3) is 0 Å². The van der Waals surface area contributed by atoms with E-state index in [0.29, 0.717) is 5.88 Å². The van der Waals surface area contributed by atoms with E-state index in [9.17, 15) is 0 Å². The number of benzene rings is 1. The van der Waals surface area contributed by atoms with E-state index in [1.807, 2.05) is 30.3 Å². The van der Waals surface area contributed by atoms with Crippen LogP contribution in [0.3, 0.4) is 0 Å². The van der Waals surface area contributed by atoms with Crippen molar-refractivity contribution in [2.45, 2.75) is 5.88 Å². The lowest BCUT2D eigenvalue weighted by Gasteiger charge is -1.98. The molecule has 0 spiro atoms. The molecule has 0 aliphatic heterocycles. The highest BCUT2D eigenvalue weighted by Crippen LogP contribution is 2.11. The molecule has 0 unspecified atom stereocenters. The zero-order valence-corrected chi connectivity index (χ0v) is 9.46. The number of nitrogens with zero attached hydrogens (tertiary/aromatic N) is 1. The van der Waals surface area contributed by atoms with Crippen molar-refractivity contribution in [3.63, 3.8) is 0 Å². The van der Waals surface area contributed by atoms with Crippen LogP contribution in [0.15, 0.2) is 30.8 Å². The van der Waals surface area contributed by atoms with E-state index in [1.54, 1.807) is 14.1 Å². The molecule has 0 bridgehead atoms. The third-order valence-corrected chi connectivity index (χ3v) is 1.71. The largest absolute Gasteiger partial charge is 0.269 e. The van der Waals surface area contributed by atoms with E-state index in [4.69, 9.17) is 17.4 Å². The zero-order valence-electron chi connectivity index (χ0n) is 8.70. The van der Waals surface area contributed by atoms with Gasteiger partial charge in [-0.2, -0.15) is 0 Å². The molecule has 0 aliphatic rings. The molecule has 0 atom stereocenters. The van der Waals surface area contributed by atoms with E-state index in [1.165, 1.54) is 5.01 Å². The monoisotopic (exact) mass is 212 g/mol. The molecule has 1 aromatic carbocycles. The molecule has 0 fully saturated rings. The predicted octanol–water partition coefficient (Wildman–Crippen LogP) is 2.49. The Balaban J connectivity index is 0.000000364. The fraction of sp³-hybridized carbons (Fsp3) is 0.273. The summed E-state index contributed by atoms with van der Waals surface area (Å²) in [6.07, 6.45) is 1.82. The molecule has 0 heterocycles. The van der Waals surface area contributed by atoms with Crippen LogP contribution in [0.25, 0.3) is 6.08 Å². The minimum absolute atomic E-state index is 0.558. The highest BCUT2D eigenvalue weighted by Gasteiger charge is 1.93. The van der Waals surface area contributed by atoms with Gasteiger partial charge in [0.2, 0.25) is 0 Å². The van der Waals surface area contributed by atoms with Gasteiger partial charge in [0.15, 0.2) is 0 Å². The van der Waals surface area contributed by atoms with Gasteiger partial charge in [-0.1, -0.05) is 36.9 Å². The molecule has 2 nitrogen and oxygen atoms in total. The topological polar surface area (TPSA) is 29.3 Å². The highest BCUT2D eigenvalue weighted by atomic mass is 35.5. The number of halogens is 1. The lowest BCUT2D eigenvalue weighted by atomic mass is 10.1. The Kier molecular flexibility index (Phi) is 7.11. The molecule has 0 aromatic heterocycles. The Morgan fingerprint density at radius 3 is 2.29 bits per heavy atom. The second kappa shape index (κ2) is 7.56. The smallest absolute Gasteiger partial charge is 0.0479 e. The summed E-state index contributed by atoms with van der Waals surface area (Å²) in [6.45, 7) is 3.68. The van der Waals surface area contributed by atoms with Crippen molar-refractivity contribution in [1.29, 1.82) is 0 Å². The number of rotatable bonds is 2. The van der Waals surface area contributed by atoms with Crippen LogP contribution >= 0.6 is 11.6 Å². The van der Waals surface area contributed by atoms with E-state index in [-0.39, 0.29) is 0 Å². The van der Waals surface area contributed by atoms with Crippen molar-refractivity contribution in [2.24, 2.45) is 5.84 Å². The van der Waals surface area contributed by atoms with Crippen molar-refractivity contribution < 1.29 is 0 Å². The summed E-state index contributed by atoms with van der Waals surface area (Å²) in [4.78, 5) is 0. The van der Waals surface area contributed by atoms with Gasteiger partial charge >= 0.3 is 0 Å². The fourth-order valence-corrected chi connectivity index (χ4v) is 1.10. The molecular weight excluding hydrogens is 196 g/mol. The van der Waals surface area contributed by atoms with E-state index in [0.717, 1.165) is 11.1 Å². The molecule has 78 valence electrons. The number of alkyl halides is 1. The number of nitrogens with two attached hydrogens (primary N) is 1. The molecule has 14 heavy (non-hydrogen) atoms. The molecule has 0 aliphatic carbocycles. The number of hydrogen-bond donors (Lipinski definition) is 1. The summed E-state index contributed by atoms with van der Waals surface area (Å²) in [5.41, 5.74) is 2.26. The van der Waals surface area contributed by atoms with Gasteiger partial charge in [-0.25, -0.2) is 0 Å². The quantitative estimate of drug-likeness (QED) is 0.464. The first-order chi connectivity index (χ1) is 6.61. The SMILES string of the molecule is C=Cc1ccccc1CCl.CN(C)N. The minimum atomic E-state index is 0.558. The molecule has 1 rings (SSSR count). The predicted molar refractivity (Wildman–Crippen MR) is 64.0 cm³/mol. The lowest BCUT2D eigenvalue weighted by Crippen LogP contribution is -2.18. The molecule has 0 saturated heterocycles. The average Bonchev–Trinajstić information content (AvgIpc) is 2.17. The first kappa shape index (κ1) is 13.2. The summed E-state index contributed by atoms with van der Waals surface area (Å²) in [7, 11) is 3.56. The first-order valence-corrected chi connectivity index (χ1v) is 4.83. The minimum Gasteiger partial charge on any atom is -0.269 e. The van der Waals surface area contributed by atoms with Gasteiger partial charge in [0.05, 0.1) is 0 Å². The van der Waals surface area contributed by atoms with Crippen LogP contribution in [-0.4, -0.2) is 19.1 Å². The summed E-state index contributed by atoms with van der Waals surface area (Å²) in [5.74, 6) is 5.50. The fourth-order valence-electron chi connectivity index (χ4n) is 0.855. The Morgan fingerprint density at radius 1 is 1.43 bits per heavy atom. The summed E-state index contributed by atoms with van der Waals surface area (Å²) in [6, 6.07) is 7.96.